The van der Waals surface area contributed by atoms with Crippen molar-refractivity contribution in [1.29, 1.82) is 5.26 Å². The van der Waals surface area contributed by atoms with Crippen LogP contribution >= 0.6 is 11.3 Å². The van der Waals surface area contributed by atoms with E-state index in [1.54, 1.807) is 56.3 Å². The molecule has 8 nitrogen and oxygen atoms in total. The van der Waals surface area contributed by atoms with E-state index in [4.69, 9.17) is 19.5 Å². The maximum atomic E-state index is 13.6. The molecule has 3 aromatic rings. The number of carbonyl (C=O) groups is 1. The van der Waals surface area contributed by atoms with Gasteiger partial charge >= 0.3 is 5.97 Å². The maximum Gasteiger partial charge on any atom is 0.338 e. The minimum absolute atomic E-state index is 0.117. The lowest BCUT2D eigenvalue weighted by Crippen LogP contribution is -2.39. The molecule has 0 saturated carbocycles. The van der Waals surface area contributed by atoms with Crippen LogP contribution in [0.2, 0.25) is 0 Å². The first-order valence-corrected chi connectivity index (χ1v) is 11.4. The van der Waals surface area contributed by atoms with Gasteiger partial charge in [-0.3, -0.25) is 9.36 Å². The largest absolute Gasteiger partial charge is 0.463 e. The summed E-state index contributed by atoms with van der Waals surface area (Å²) in [5.41, 5.74) is 2.53. The summed E-state index contributed by atoms with van der Waals surface area (Å²) in [5.74, 6) is 0.637. The van der Waals surface area contributed by atoms with Gasteiger partial charge in [-0.25, -0.2) is 9.79 Å². The van der Waals surface area contributed by atoms with E-state index in [2.05, 4.69) is 11.1 Å². The van der Waals surface area contributed by atoms with Gasteiger partial charge in [-0.1, -0.05) is 29.5 Å². The summed E-state index contributed by atoms with van der Waals surface area (Å²) in [6, 6.07) is 13.7. The molecule has 2 aliphatic heterocycles. The number of carbonyl (C=O) groups excluding carboxylic acids is 1. The number of hydrogen-bond acceptors (Lipinski definition) is 8. The highest BCUT2D eigenvalue weighted by atomic mass is 32.1. The summed E-state index contributed by atoms with van der Waals surface area (Å²) in [5, 5.41) is 9.02. The fraction of sp³-hybridized carbons (Fsp3) is 0.200. The molecule has 5 rings (SSSR count). The zero-order valence-corrected chi connectivity index (χ0v) is 19.2. The molecule has 1 atom stereocenters. The fourth-order valence-corrected chi connectivity index (χ4v) is 5.04. The van der Waals surface area contributed by atoms with Crippen LogP contribution in [-0.4, -0.2) is 23.9 Å². The van der Waals surface area contributed by atoms with Crippen molar-refractivity contribution in [2.45, 2.75) is 19.9 Å². The molecule has 2 aromatic carbocycles. The lowest BCUT2D eigenvalue weighted by atomic mass is 9.95. The monoisotopic (exact) mass is 473 g/mol. The summed E-state index contributed by atoms with van der Waals surface area (Å²) in [6.07, 6.45) is 1.76. The first-order valence-electron chi connectivity index (χ1n) is 10.6. The van der Waals surface area contributed by atoms with Gasteiger partial charge in [0.15, 0.2) is 16.3 Å². The summed E-state index contributed by atoms with van der Waals surface area (Å²) < 4.78 is 18.3. The minimum atomic E-state index is -0.729. The highest BCUT2D eigenvalue weighted by molar-refractivity contribution is 7.07. The van der Waals surface area contributed by atoms with E-state index in [-0.39, 0.29) is 19.0 Å². The van der Waals surface area contributed by atoms with Crippen molar-refractivity contribution in [2.75, 3.05) is 13.4 Å². The molecule has 0 spiro atoms. The van der Waals surface area contributed by atoms with E-state index in [9.17, 15) is 9.59 Å². The van der Waals surface area contributed by atoms with Gasteiger partial charge in [0.25, 0.3) is 5.56 Å². The lowest BCUT2D eigenvalue weighted by molar-refractivity contribution is -0.139. The molecule has 0 bridgehead atoms. The van der Waals surface area contributed by atoms with Gasteiger partial charge < -0.3 is 14.2 Å². The number of ether oxygens (including phenoxy) is 3. The molecule has 0 fully saturated rings. The van der Waals surface area contributed by atoms with E-state index in [1.165, 1.54) is 15.9 Å². The van der Waals surface area contributed by atoms with Crippen LogP contribution in [0.15, 0.2) is 63.5 Å². The fourth-order valence-electron chi connectivity index (χ4n) is 4.00. The number of esters is 1. The van der Waals surface area contributed by atoms with Crippen LogP contribution in [0.1, 0.15) is 36.6 Å². The Bertz CT molecular complexity index is 1560. The summed E-state index contributed by atoms with van der Waals surface area (Å²) in [6.45, 7) is 3.79. The number of fused-ring (bicyclic) bond motifs is 2. The number of nitriles is 1. The second-order valence-electron chi connectivity index (χ2n) is 7.65. The minimum Gasteiger partial charge on any atom is -0.463 e. The van der Waals surface area contributed by atoms with Gasteiger partial charge in [0, 0.05) is 0 Å². The highest BCUT2D eigenvalue weighted by Crippen LogP contribution is 2.38. The van der Waals surface area contributed by atoms with Crippen molar-refractivity contribution in [3.05, 3.63) is 90.1 Å². The van der Waals surface area contributed by atoms with Crippen LogP contribution in [-0.2, 0) is 9.53 Å². The molecule has 3 heterocycles. The van der Waals surface area contributed by atoms with Crippen LogP contribution in [0.25, 0.3) is 6.08 Å². The van der Waals surface area contributed by atoms with Gasteiger partial charge in [-0.2, -0.15) is 5.26 Å². The Morgan fingerprint density at radius 2 is 2.03 bits per heavy atom. The van der Waals surface area contributed by atoms with E-state index in [1.807, 2.05) is 6.07 Å². The molecular formula is C25H19N3O5S. The van der Waals surface area contributed by atoms with Gasteiger partial charge in [-0.05, 0) is 55.3 Å². The standard InChI is InChI=1S/C25H19N3O5S/c1-3-31-24(30)21-14(2)27-25-28(22(21)17-8-9-18-19(11-17)33-13-32-18)23(29)20(34-25)10-15-4-6-16(12-26)7-5-15/h4-11,22H,3,13H2,1-2H3/b20-10-. The van der Waals surface area contributed by atoms with E-state index in [0.717, 1.165) is 5.56 Å². The predicted octanol–water partition coefficient (Wildman–Crippen LogP) is 2.40. The molecule has 0 saturated heterocycles. The number of rotatable bonds is 4. The normalized spacial score (nSPS) is 16.6. The third-order valence-corrected chi connectivity index (χ3v) is 6.55. The Morgan fingerprint density at radius 3 is 2.76 bits per heavy atom. The van der Waals surface area contributed by atoms with Gasteiger partial charge in [0.05, 0.1) is 40.1 Å². The molecule has 0 N–H and O–H groups in total. The number of nitrogens with zero attached hydrogens (tertiary/aromatic N) is 3. The third-order valence-electron chi connectivity index (χ3n) is 5.57. The van der Waals surface area contributed by atoms with Crippen molar-refractivity contribution in [2.24, 2.45) is 4.99 Å². The van der Waals surface area contributed by atoms with Crippen LogP contribution < -0.4 is 24.4 Å². The third kappa shape index (κ3) is 3.68. The van der Waals surface area contributed by atoms with Crippen LogP contribution in [0, 0.1) is 11.3 Å². The average molecular weight is 474 g/mol. The van der Waals surface area contributed by atoms with E-state index in [0.29, 0.717) is 43.2 Å². The molecule has 2 aliphatic rings. The predicted molar refractivity (Wildman–Crippen MR) is 124 cm³/mol. The summed E-state index contributed by atoms with van der Waals surface area (Å²) in [7, 11) is 0. The van der Waals surface area contributed by atoms with Crippen LogP contribution in [0.3, 0.4) is 0 Å². The molecule has 34 heavy (non-hydrogen) atoms. The number of hydrogen-bond donors (Lipinski definition) is 0. The van der Waals surface area contributed by atoms with Crippen molar-refractivity contribution < 1.29 is 19.0 Å². The molecule has 1 aromatic heterocycles. The molecule has 170 valence electrons. The Balaban J connectivity index is 1.70. The lowest BCUT2D eigenvalue weighted by Gasteiger charge is -2.24. The molecular weight excluding hydrogens is 454 g/mol. The summed E-state index contributed by atoms with van der Waals surface area (Å²) in [4.78, 5) is 31.6. The Hall–Kier alpha value is -4.16. The maximum absolute atomic E-state index is 13.6. The molecule has 0 amide bonds. The van der Waals surface area contributed by atoms with Crippen LogP contribution in [0.5, 0.6) is 11.5 Å². The van der Waals surface area contributed by atoms with E-state index < -0.39 is 12.0 Å². The zero-order chi connectivity index (χ0) is 23.8. The topological polar surface area (TPSA) is 103 Å². The Labute approximate surface area is 198 Å². The number of allylic oxidation sites excluding steroid dienone is 1. The number of aromatic nitrogens is 1. The zero-order valence-electron chi connectivity index (χ0n) is 18.4. The highest BCUT2D eigenvalue weighted by Gasteiger charge is 2.34. The second-order valence-corrected chi connectivity index (χ2v) is 8.66. The van der Waals surface area contributed by atoms with Crippen molar-refractivity contribution >= 4 is 23.4 Å². The average Bonchev–Trinajstić information content (AvgIpc) is 3.42. The number of benzene rings is 2. The van der Waals surface area contributed by atoms with Gasteiger partial charge in [0.1, 0.15) is 0 Å². The van der Waals surface area contributed by atoms with Crippen molar-refractivity contribution in [3.8, 4) is 17.6 Å². The first kappa shape index (κ1) is 21.7. The first-order chi connectivity index (χ1) is 16.5. The number of thiazole rings is 1. The SMILES string of the molecule is CCOC(=O)C1=C(C)N=c2s/c(=C\c3ccc(C#N)cc3)c(=O)n2C1c1ccc2c(c1)OCO2. The van der Waals surface area contributed by atoms with E-state index >= 15 is 0 Å². The summed E-state index contributed by atoms with van der Waals surface area (Å²) >= 11 is 1.24. The quantitative estimate of drug-likeness (QED) is 0.539. The second kappa shape index (κ2) is 8.65. The van der Waals surface area contributed by atoms with Gasteiger partial charge in [0.2, 0.25) is 6.79 Å². The van der Waals surface area contributed by atoms with Crippen LogP contribution in [0.4, 0.5) is 0 Å². The van der Waals surface area contributed by atoms with Crippen molar-refractivity contribution in [1.82, 2.24) is 4.57 Å². The van der Waals surface area contributed by atoms with Crippen molar-refractivity contribution in [3.63, 3.8) is 0 Å². The Morgan fingerprint density at radius 1 is 1.26 bits per heavy atom. The smallest absolute Gasteiger partial charge is 0.338 e. The Kier molecular flexibility index (Phi) is 5.51. The van der Waals surface area contributed by atoms with Gasteiger partial charge in [-0.15, -0.1) is 0 Å². The molecule has 9 heteroatoms. The molecule has 0 aliphatic carbocycles. The molecule has 0 radical (unpaired) electrons. The molecule has 1 unspecified atom stereocenters.